The van der Waals surface area contributed by atoms with Crippen molar-refractivity contribution in [2.24, 2.45) is 17.8 Å². The third-order valence-corrected chi connectivity index (χ3v) is 6.66. The lowest BCUT2D eigenvalue weighted by molar-refractivity contribution is -0.253. The molecule has 0 aromatic rings. The molecule has 5 fully saturated rings. The van der Waals surface area contributed by atoms with E-state index in [0.717, 1.165) is 19.3 Å². The summed E-state index contributed by atoms with van der Waals surface area (Å²) in [5, 5.41) is 12.9. The van der Waals surface area contributed by atoms with Gasteiger partial charge in [-0.1, -0.05) is 0 Å². The highest BCUT2D eigenvalue weighted by Crippen LogP contribution is 2.55. The van der Waals surface area contributed by atoms with Crippen LogP contribution in [-0.4, -0.2) is 52.9 Å². The highest BCUT2D eigenvalue weighted by atomic mass is 19.4. The summed E-state index contributed by atoms with van der Waals surface area (Å²) in [6.45, 7) is -0.463. The van der Waals surface area contributed by atoms with Crippen LogP contribution >= 0.6 is 0 Å². The highest BCUT2D eigenvalue weighted by Gasteiger charge is 2.57. The first-order valence-electron chi connectivity index (χ1n) is 8.99. The lowest BCUT2D eigenvalue weighted by Gasteiger charge is -2.57. The van der Waals surface area contributed by atoms with E-state index in [1.807, 2.05) is 0 Å². The van der Waals surface area contributed by atoms with E-state index in [1.54, 1.807) is 0 Å². The summed E-state index contributed by atoms with van der Waals surface area (Å²) in [6, 6.07) is 0. The molecule has 5 rings (SSSR count). The van der Waals surface area contributed by atoms with Crippen LogP contribution in [0.3, 0.4) is 0 Å². The van der Waals surface area contributed by atoms with Crippen molar-refractivity contribution < 1.29 is 23.1 Å². The van der Waals surface area contributed by atoms with E-state index in [2.05, 4.69) is 5.32 Å². The van der Waals surface area contributed by atoms with Crippen molar-refractivity contribution in [3.8, 4) is 0 Å². The fourth-order valence-electron chi connectivity index (χ4n) is 6.04. The molecule has 1 aliphatic heterocycles. The number of halogens is 3. The number of carbonyl (C=O) groups excluding carboxylic acids is 1. The average Bonchev–Trinajstić information content (AvgIpc) is 2.78. The van der Waals surface area contributed by atoms with Gasteiger partial charge in [0.15, 0.2) is 5.60 Å². The van der Waals surface area contributed by atoms with Gasteiger partial charge < -0.3 is 10.4 Å². The number of carbonyl (C=O) groups is 1. The zero-order valence-electron chi connectivity index (χ0n) is 13.7. The van der Waals surface area contributed by atoms with Gasteiger partial charge in [-0.05, 0) is 62.7 Å². The number of nitrogens with zero attached hydrogens (tertiary/aromatic N) is 1. The molecule has 1 saturated heterocycles. The molecule has 24 heavy (non-hydrogen) atoms. The molecule has 1 atom stereocenters. The molecule has 5 aliphatic rings. The summed E-state index contributed by atoms with van der Waals surface area (Å²) in [5.41, 5.74) is -2.79. The van der Waals surface area contributed by atoms with E-state index in [4.69, 9.17) is 0 Å². The van der Waals surface area contributed by atoms with Gasteiger partial charge in [0.2, 0.25) is 5.91 Å². The van der Waals surface area contributed by atoms with Gasteiger partial charge in [-0.25, -0.2) is 0 Å². The van der Waals surface area contributed by atoms with Gasteiger partial charge >= 0.3 is 6.18 Å². The van der Waals surface area contributed by atoms with Crippen LogP contribution in [0.2, 0.25) is 0 Å². The topological polar surface area (TPSA) is 52.6 Å². The summed E-state index contributed by atoms with van der Waals surface area (Å²) in [5.74, 6) is 1.93. The van der Waals surface area contributed by atoms with Crippen molar-refractivity contribution in [1.82, 2.24) is 10.2 Å². The maximum absolute atomic E-state index is 12.9. The van der Waals surface area contributed by atoms with E-state index in [-0.39, 0.29) is 31.0 Å². The molecule has 0 spiro atoms. The first-order chi connectivity index (χ1) is 11.2. The molecule has 1 amide bonds. The number of amides is 1. The van der Waals surface area contributed by atoms with Crippen molar-refractivity contribution >= 4 is 5.91 Å². The van der Waals surface area contributed by atoms with Crippen LogP contribution in [-0.2, 0) is 4.79 Å². The monoisotopic (exact) mass is 346 g/mol. The van der Waals surface area contributed by atoms with Gasteiger partial charge in [0.25, 0.3) is 0 Å². The molecular weight excluding hydrogens is 321 g/mol. The summed E-state index contributed by atoms with van der Waals surface area (Å²) < 4.78 is 38.6. The Morgan fingerprint density at radius 3 is 2.12 bits per heavy atom. The first-order valence-corrected chi connectivity index (χ1v) is 8.99. The lowest BCUT2D eigenvalue weighted by Crippen LogP contribution is -2.61. The summed E-state index contributed by atoms with van der Waals surface area (Å²) >= 11 is 0. The van der Waals surface area contributed by atoms with Crippen LogP contribution in [0.4, 0.5) is 13.2 Å². The largest absolute Gasteiger partial charge is 0.418 e. The van der Waals surface area contributed by atoms with Crippen LogP contribution in [0.25, 0.3) is 0 Å². The number of hydrogen-bond donors (Lipinski definition) is 2. The molecule has 2 N–H and O–H groups in total. The maximum Gasteiger partial charge on any atom is 0.418 e. The molecule has 0 aromatic carbocycles. The minimum Gasteiger partial charge on any atom is -0.379 e. The normalized spacial score (nSPS) is 44.9. The van der Waals surface area contributed by atoms with E-state index in [1.165, 1.54) is 24.2 Å². The van der Waals surface area contributed by atoms with E-state index in [9.17, 15) is 23.1 Å². The molecule has 7 heteroatoms. The van der Waals surface area contributed by atoms with Crippen LogP contribution in [0, 0.1) is 17.8 Å². The summed E-state index contributed by atoms with van der Waals surface area (Å²) in [4.78, 5) is 13.8. The van der Waals surface area contributed by atoms with Gasteiger partial charge in [-0.15, -0.1) is 0 Å². The molecule has 0 aromatic heterocycles. The molecule has 4 aliphatic carbocycles. The number of alkyl halides is 3. The Hall–Kier alpha value is -0.820. The predicted octanol–water partition coefficient (Wildman–Crippen LogP) is 2.07. The average molecular weight is 346 g/mol. The smallest absolute Gasteiger partial charge is 0.379 e. The Labute approximate surface area is 139 Å². The van der Waals surface area contributed by atoms with Gasteiger partial charge in [0.1, 0.15) is 0 Å². The first kappa shape index (κ1) is 16.6. The van der Waals surface area contributed by atoms with Gasteiger partial charge in [0.05, 0.1) is 6.54 Å². The minimum absolute atomic E-state index is 0.0554. The van der Waals surface area contributed by atoms with E-state index < -0.39 is 18.3 Å². The van der Waals surface area contributed by atoms with Crippen LogP contribution in [0.15, 0.2) is 0 Å². The summed E-state index contributed by atoms with van der Waals surface area (Å²) in [7, 11) is 0. The standard InChI is InChI=1S/C17H25F3N2O2/c18-17(19,20)16(24)1-2-22(10-16)9-14(23)21-15-6-11-3-12(7-15)5-13(4-11)8-15/h11-13,24H,1-10H2,(H,21,23)/t11?,12?,13?,15?,16-/m1/s1. The fraction of sp³-hybridized carbons (Fsp3) is 0.941. The summed E-state index contributed by atoms with van der Waals surface area (Å²) in [6.07, 6.45) is 1.91. The molecule has 1 heterocycles. The molecule has 4 saturated carbocycles. The van der Waals surface area contributed by atoms with Crippen LogP contribution in [0.5, 0.6) is 0 Å². The number of β-amino-alcohol motifs (C(OH)–C–C–N with tert-alkyl or cyclic N) is 1. The Morgan fingerprint density at radius 1 is 1.12 bits per heavy atom. The van der Waals surface area contributed by atoms with Crippen LogP contribution < -0.4 is 5.32 Å². The second-order valence-electron chi connectivity index (χ2n) is 8.74. The predicted molar refractivity (Wildman–Crippen MR) is 81.1 cm³/mol. The second-order valence-corrected chi connectivity index (χ2v) is 8.74. The SMILES string of the molecule is O=C(CN1CC[C@](O)(C(F)(F)F)C1)NC12CC3CC(CC(C3)C1)C2. The third kappa shape index (κ3) is 2.83. The number of rotatable bonds is 3. The number of likely N-dealkylation sites (tertiary alicyclic amines) is 1. The Balaban J connectivity index is 1.35. The fourth-order valence-corrected chi connectivity index (χ4v) is 6.04. The number of hydrogen-bond acceptors (Lipinski definition) is 3. The quantitative estimate of drug-likeness (QED) is 0.823. The van der Waals surface area contributed by atoms with Crippen molar-refractivity contribution in [3.05, 3.63) is 0 Å². The minimum atomic E-state index is -4.64. The zero-order valence-corrected chi connectivity index (χ0v) is 13.7. The lowest BCUT2D eigenvalue weighted by atomic mass is 9.53. The second kappa shape index (κ2) is 5.34. The third-order valence-electron chi connectivity index (χ3n) is 6.66. The van der Waals surface area contributed by atoms with Crippen molar-refractivity contribution in [1.29, 1.82) is 0 Å². The molecule has 4 bridgehead atoms. The Bertz CT molecular complexity index is 501. The van der Waals surface area contributed by atoms with Crippen molar-refractivity contribution in [3.63, 3.8) is 0 Å². The number of nitrogens with one attached hydrogen (secondary N) is 1. The van der Waals surface area contributed by atoms with Gasteiger partial charge in [-0.2, -0.15) is 13.2 Å². The molecule has 4 nitrogen and oxygen atoms in total. The molecule has 0 unspecified atom stereocenters. The number of aliphatic hydroxyl groups is 1. The van der Waals surface area contributed by atoms with E-state index >= 15 is 0 Å². The maximum atomic E-state index is 12.9. The van der Waals surface area contributed by atoms with Crippen molar-refractivity contribution in [2.75, 3.05) is 19.6 Å². The van der Waals surface area contributed by atoms with Gasteiger partial charge in [-0.3, -0.25) is 9.69 Å². The van der Waals surface area contributed by atoms with Crippen molar-refractivity contribution in [2.45, 2.75) is 62.3 Å². The molecule has 136 valence electrons. The van der Waals surface area contributed by atoms with Crippen LogP contribution in [0.1, 0.15) is 44.9 Å². The Morgan fingerprint density at radius 2 is 1.67 bits per heavy atom. The van der Waals surface area contributed by atoms with Gasteiger partial charge in [0, 0.05) is 18.6 Å². The highest BCUT2D eigenvalue weighted by molar-refractivity contribution is 5.79. The van der Waals surface area contributed by atoms with E-state index in [0.29, 0.717) is 17.8 Å². The zero-order chi connectivity index (χ0) is 17.2. The molecular formula is C17H25F3N2O2. The Kier molecular flexibility index (Phi) is 3.70. The molecule has 0 radical (unpaired) electrons.